The van der Waals surface area contributed by atoms with Gasteiger partial charge in [0.1, 0.15) is 11.4 Å². The number of pyridine rings is 1. The van der Waals surface area contributed by atoms with Crippen LogP contribution in [0.1, 0.15) is 25.7 Å². The summed E-state index contributed by atoms with van der Waals surface area (Å²) in [5.41, 5.74) is 0.917. The first kappa shape index (κ1) is 12.5. The Morgan fingerprint density at radius 1 is 1.26 bits per heavy atom. The zero-order chi connectivity index (χ0) is 13.2. The largest absolute Gasteiger partial charge is 0.464 e. The number of anilines is 1. The number of hydrogen-bond donors (Lipinski definition) is 1. The van der Waals surface area contributed by atoms with Gasteiger partial charge in [-0.05, 0) is 44.9 Å². The summed E-state index contributed by atoms with van der Waals surface area (Å²) >= 11 is 0. The molecule has 2 heterocycles. The fourth-order valence-electron chi connectivity index (χ4n) is 3.09. The smallest absolute Gasteiger partial charge is 0.139 e. The Labute approximate surface area is 113 Å². The number of hydrogen-bond acceptors (Lipinski definition) is 4. The van der Waals surface area contributed by atoms with E-state index in [-0.39, 0.29) is 0 Å². The Hall–Kier alpha value is -1.55. The van der Waals surface area contributed by atoms with Crippen LogP contribution >= 0.6 is 0 Å². The molecule has 3 rings (SSSR count). The van der Waals surface area contributed by atoms with Crippen LogP contribution in [0, 0.1) is 0 Å². The van der Waals surface area contributed by atoms with E-state index in [0.29, 0.717) is 12.1 Å². The van der Waals surface area contributed by atoms with Gasteiger partial charge in [0.15, 0.2) is 0 Å². The van der Waals surface area contributed by atoms with Crippen molar-refractivity contribution in [2.24, 2.45) is 0 Å². The third-order valence-corrected chi connectivity index (χ3v) is 4.35. The molecule has 4 heteroatoms. The van der Waals surface area contributed by atoms with Crippen LogP contribution in [-0.2, 0) is 0 Å². The molecule has 0 aliphatic heterocycles. The molecule has 0 spiro atoms. The number of aromatic nitrogens is 1. The SMILES string of the molecule is CNC1CCC(N(C)c2nccc3occc23)CC1. The lowest BCUT2D eigenvalue weighted by molar-refractivity contribution is 0.351. The summed E-state index contributed by atoms with van der Waals surface area (Å²) in [4.78, 5) is 6.87. The van der Waals surface area contributed by atoms with Gasteiger partial charge in [0.2, 0.25) is 0 Å². The van der Waals surface area contributed by atoms with Crippen molar-refractivity contribution < 1.29 is 4.42 Å². The molecule has 4 nitrogen and oxygen atoms in total. The predicted octanol–water partition coefficient (Wildman–Crippen LogP) is 2.79. The van der Waals surface area contributed by atoms with Gasteiger partial charge < -0.3 is 14.6 Å². The molecule has 2 aromatic heterocycles. The molecule has 0 amide bonds. The molecule has 1 N–H and O–H groups in total. The van der Waals surface area contributed by atoms with E-state index in [2.05, 4.69) is 29.3 Å². The molecule has 0 unspecified atom stereocenters. The van der Waals surface area contributed by atoms with E-state index < -0.39 is 0 Å². The number of rotatable bonds is 3. The van der Waals surface area contributed by atoms with Gasteiger partial charge in [-0.2, -0.15) is 0 Å². The number of nitrogens with zero attached hydrogens (tertiary/aromatic N) is 2. The van der Waals surface area contributed by atoms with E-state index in [4.69, 9.17) is 4.42 Å². The molecule has 0 bridgehead atoms. The topological polar surface area (TPSA) is 41.3 Å². The minimum absolute atomic E-state index is 0.581. The second-order valence-corrected chi connectivity index (χ2v) is 5.37. The average Bonchev–Trinajstić information content (AvgIpc) is 2.95. The molecule has 0 radical (unpaired) electrons. The van der Waals surface area contributed by atoms with Crippen molar-refractivity contribution in [1.82, 2.24) is 10.3 Å². The van der Waals surface area contributed by atoms with Gasteiger partial charge >= 0.3 is 0 Å². The lowest BCUT2D eigenvalue weighted by Gasteiger charge is -2.35. The van der Waals surface area contributed by atoms with Gasteiger partial charge in [-0.15, -0.1) is 0 Å². The zero-order valence-electron chi connectivity index (χ0n) is 11.6. The minimum atomic E-state index is 0.581. The first-order chi connectivity index (χ1) is 9.29. The molecule has 19 heavy (non-hydrogen) atoms. The van der Waals surface area contributed by atoms with E-state index in [9.17, 15) is 0 Å². The maximum Gasteiger partial charge on any atom is 0.139 e. The van der Waals surface area contributed by atoms with Crippen LogP contribution in [0.25, 0.3) is 11.0 Å². The lowest BCUT2D eigenvalue weighted by Crippen LogP contribution is -2.40. The summed E-state index contributed by atoms with van der Waals surface area (Å²) in [6.07, 6.45) is 8.49. The second-order valence-electron chi connectivity index (χ2n) is 5.37. The Morgan fingerprint density at radius 3 is 2.79 bits per heavy atom. The van der Waals surface area contributed by atoms with E-state index >= 15 is 0 Å². The van der Waals surface area contributed by atoms with Crippen molar-refractivity contribution in [2.45, 2.75) is 37.8 Å². The predicted molar refractivity (Wildman–Crippen MR) is 77.5 cm³/mol. The standard InChI is InChI=1S/C15H21N3O/c1-16-11-3-5-12(6-4-11)18(2)15-13-8-10-19-14(13)7-9-17-15/h7-12,16H,3-6H2,1-2H3. The van der Waals surface area contributed by atoms with Gasteiger partial charge in [-0.1, -0.05) is 0 Å². The molecule has 2 aromatic rings. The summed E-state index contributed by atoms with van der Waals surface area (Å²) in [5, 5.41) is 4.49. The third kappa shape index (κ3) is 2.32. The molecule has 0 saturated heterocycles. The van der Waals surface area contributed by atoms with E-state index in [0.717, 1.165) is 16.8 Å². The van der Waals surface area contributed by atoms with E-state index in [1.54, 1.807) is 6.26 Å². The molecule has 102 valence electrons. The second kappa shape index (κ2) is 5.21. The van der Waals surface area contributed by atoms with Crippen molar-refractivity contribution in [3.8, 4) is 0 Å². The van der Waals surface area contributed by atoms with Crippen molar-refractivity contribution in [3.63, 3.8) is 0 Å². The summed E-state index contributed by atoms with van der Waals surface area (Å²) < 4.78 is 5.45. The molecule has 1 aliphatic rings. The van der Waals surface area contributed by atoms with Crippen LogP contribution in [0.15, 0.2) is 29.0 Å². The highest BCUT2D eigenvalue weighted by molar-refractivity contribution is 5.88. The fraction of sp³-hybridized carbons (Fsp3) is 0.533. The Kier molecular flexibility index (Phi) is 3.42. The van der Waals surface area contributed by atoms with Gasteiger partial charge in [0.05, 0.1) is 11.6 Å². The molecule has 0 aromatic carbocycles. The summed E-state index contributed by atoms with van der Waals surface area (Å²) in [7, 11) is 4.21. The van der Waals surface area contributed by atoms with Crippen LogP contribution in [0.5, 0.6) is 0 Å². The van der Waals surface area contributed by atoms with Gasteiger partial charge in [0, 0.05) is 25.3 Å². The number of nitrogens with one attached hydrogen (secondary N) is 1. The maximum absolute atomic E-state index is 5.45. The molecular weight excluding hydrogens is 238 g/mol. The van der Waals surface area contributed by atoms with Crippen LogP contribution in [0.2, 0.25) is 0 Å². The van der Waals surface area contributed by atoms with Crippen molar-refractivity contribution >= 4 is 16.8 Å². The third-order valence-electron chi connectivity index (χ3n) is 4.35. The zero-order valence-corrected chi connectivity index (χ0v) is 11.6. The highest BCUT2D eigenvalue weighted by Gasteiger charge is 2.24. The molecule has 1 aliphatic carbocycles. The van der Waals surface area contributed by atoms with Crippen molar-refractivity contribution in [2.75, 3.05) is 19.0 Å². The highest BCUT2D eigenvalue weighted by Crippen LogP contribution is 2.30. The first-order valence-electron chi connectivity index (χ1n) is 7.02. The molecular formula is C15H21N3O. The van der Waals surface area contributed by atoms with Gasteiger partial charge in [0.25, 0.3) is 0 Å². The molecule has 0 atom stereocenters. The average molecular weight is 259 g/mol. The lowest BCUT2D eigenvalue weighted by atomic mass is 9.90. The summed E-state index contributed by atoms with van der Waals surface area (Å²) in [5.74, 6) is 1.04. The summed E-state index contributed by atoms with van der Waals surface area (Å²) in [6.45, 7) is 0. The van der Waals surface area contributed by atoms with E-state index in [1.807, 2.05) is 18.3 Å². The summed E-state index contributed by atoms with van der Waals surface area (Å²) in [6, 6.07) is 5.19. The van der Waals surface area contributed by atoms with Gasteiger partial charge in [-0.25, -0.2) is 4.98 Å². The molecule has 1 fully saturated rings. The Morgan fingerprint density at radius 2 is 2.05 bits per heavy atom. The fourth-order valence-corrected chi connectivity index (χ4v) is 3.09. The quantitative estimate of drug-likeness (QED) is 0.920. The van der Waals surface area contributed by atoms with Crippen molar-refractivity contribution in [1.29, 1.82) is 0 Å². The number of fused-ring (bicyclic) bond motifs is 1. The highest BCUT2D eigenvalue weighted by atomic mass is 16.3. The monoisotopic (exact) mass is 259 g/mol. The first-order valence-corrected chi connectivity index (χ1v) is 7.02. The van der Waals surface area contributed by atoms with Crippen LogP contribution in [0.3, 0.4) is 0 Å². The molecule has 1 saturated carbocycles. The number of furan rings is 1. The normalized spacial score (nSPS) is 23.7. The Balaban J connectivity index is 1.80. The Bertz CT molecular complexity index is 543. The van der Waals surface area contributed by atoms with Crippen LogP contribution in [0.4, 0.5) is 5.82 Å². The maximum atomic E-state index is 5.45. The van der Waals surface area contributed by atoms with E-state index in [1.165, 1.54) is 25.7 Å². The van der Waals surface area contributed by atoms with Crippen LogP contribution < -0.4 is 10.2 Å². The van der Waals surface area contributed by atoms with Crippen molar-refractivity contribution in [3.05, 3.63) is 24.6 Å². The van der Waals surface area contributed by atoms with Gasteiger partial charge in [-0.3, -0.25) is 0 Å². The van der Waals surface area contributed by atoms with Crippen LogP contribution in [-0.4, -0.2) is 31.2 Å². The minimum Gasteiger partial charge on any atom is -0.464 e.